The molecule has 0 unspecified atom stereocenters. The van der Waals surface area contributed by atoms with E-state index < -0.39 is 0 Å². The van der Waals surface area contributed by atoms with Crippen molar-refractivity contribution in [3.8, 4) is 0 Å². The molecule has 1 nitrogen and oxygen atoms in total. The Bertz CT molecular complexity index is 106. The van der Waals surface area contributed by atoms with Gasteiger partial charge in [-0.15, -0.1) is 0 Å². The van der Waals surface area contributed by atoms with Crippen LogP contribution in [0.15, 0.2) is 0 Å². The minimum atomic E-state index is 0.769. The molecular formula is C11H21O. The third-order valence-electron chi connectivity index (χ3n) is 2.71. The highest BCUT2D eigenvalue weighted by molar-refractivity contribution is 4.84. The minimum Gasteiger partial charge on any atom is -0.372 e. The molecule has 0 atom stereocenters. The van der Waals surface area contributed by atoms with Gasteiger partial charge in [0.1, 0.15) is 0 Å². The number of rotatable bonds is 4. The molecule has 71 valence electrons. The fourth-order valence-electron chi connectivity index (χ4n) is 1.89. The Hall–Kier alpha value is -0.0400. The molecule has 0 amide bonds. The Morgan fingerprint density at radius 3 is 2.50 bits per heavy atom. The lowest BCUT2D eigenvalue weighted by Crippen LogP contribution is -2.16. The molecule has 1 aliphatic carbocycles. The highest BCUT2D eigenvalue weighted by Gasteiger charge is 2.20. The highest BCUT2D eigenvalue weighted by Crippen LogP contribution is 2.31. The average molecular weight is 169 g/mol. The number of hydrogen-bond donors (Lipinski definition) is 0. The van der Waals surface area contributed by atoms with Crippen molar-refractivity contribution < 1.29 is 4.74 Å². The van der Waals surface area contributed by atoms with Crippen molar-refractivity contribution in [1.82, 2.24) is 0 Å². The van der Waals surface area contributed by atoms with Gasteiger partial charge in [0.2, 0.25) is 0 Å². The van der Waals surface area contributed by atoms with Crippen LogP contribution in [-0.2, 0) is 4.74 Å². The molecule has 0 aromatic rings. The first-order valence-corrected chi connectivity index (χ1v) is 5.31. The molecule has 12 heavy (non-hydrogen) atoms. The summed E-state index contributed by atoms with van der Waals surface area (Å²) in [6, 6.07) is 0. The van der Waals surface area contributed by atoms with Crippen molar-refractivity contribution in [3.05, 3.63) is 6.10 Å². The van der Waals surface area contributed by atoms with Gasteiger partial charge in [-0.2, -0.15) is 0 Å². The Morgan fingerprint density at radius 2 is 1.92 bits per heavy atom. The van der Waals surface area contributed by atoms with Crippen LogP contribution < -0.4 is 0 Å². The summed E-state index contributed by atoms with van der Waals surface area (Å²) in [4.78, 5) is 0. The second-order valence-electron chi connectivity index (χ2n) is 3.79. The van der Waals surface area contributed by atoms with E-state index in [1.165, 1.54) is 38.2 Å². The van der Waals surface area contributed by atoms with Crippen molar-refractivity contribution >= 4 is 0 Å². The van der Waals surface area contributed by atoms with Crippen LogP contribution in [0, 0.1) is 12.0 Å². The Labute approximate surface area is 76.5 Å². The van der Waals surface area contributed by atoms with Gasteiger partial charge >= 0.3 is 0 Å². The van der Waals surface area contributed by atoms with Gasteiger partial charge in [-0.25, -0.2) is 0 Å². The molecular weight excluding hydrogens is 148 g/mol. The smallest absolute Gasteiger partial charge is 0.0970 e. The summed E-state index contributed by atoms with van der Waals surface area (Å²) in [5.74, 6) is 0.769. The summed E-state index contributed by atoms with van der Waals surface area (Å²) < 4.78 is 5.65. The maximum absolute atomic E-state index is 5.65. The number of ether oxygens (including phenoxy) is 1. The van der Waals surface area contributed by atoms with Crippen LogP contribution >= 0.6 is 0 Å². The molecule has 0 N–H and O–H groups in total. The van der Waals surface area contributed by atoms with E-state index in [2.05, 4.69) is 13.8 Å². The van der Waals surface area contributed by atoms with Gasteiger partial charge in [-0.05, 0) is 32.1 Å². The fraction of sp³-hybridized carbons (Fsp3) is 0.909. The molecule has 1 fully saturated rings. The van der Waals surface area contributed by atoms with E-state index in [0.717, 1.165) is 18.9 Å². The molecule has 1 rings (SSSR count). The molecule has 1 aliphatic rings. The zero-order valence-corrected chi connectivity index (χ0v) is 8.44. The SMILES string of the molecule is CCCO[C](C)C1CCCCC1. The topological polar surface area (TPSA) is 9.23 Å². The monoisotopic (exact) mass is 169 g/mol. The van der Waals surface area contributed by atoms with Crippen LogP contribution in [0.3, 0.4) is 0 Å². The first kappa shape index (κ1) is 10.0. The van der Waals surface area contributed by atoms with Gasteiger partial charge in [0, 0.05) is 6.61 Å². The zero-order chi connectivity index (χ0) is 8.81. The predicted octanol–water partition coefficient (Wildman–Crippen LogP) is 3.55. The molecule has 0 bridgehead atoms. The van der Waals surface area contributed by atoms with Crippen LogP contribution in [-0.4, -0.2) is 6.61 Å². The van der Waals surface area contributed by atoms with Gasteiger partial charge in [-0.3, -0.25) is 0 Å². The lowest BCUT2D eigenvalue weighted by Gasteiger charge is -2.26. The molecule has 0 aliphatic heterocycles. The summed E-state index contributed by atoms with van der Waals surface area (Å²) >= 11 is 0. The molecule has 1 radical (unpaired) electrons. The van der Waals surface area contributed by atoms with Gasteiger partial charge < -0.3 is 4.74 Å². The second-order valence-corrected chi connectivity index (χ2v) is 3.79. The summed E-state index contributed by atoms with van der Waals surface area (Å²) in [6.45, 7) is 5.22. The first-order chi connectivity index (χ1) is 5.84. The maximum atomic E-state index is 5.65. The molecule has 0 saturated heterocycles. The summed E-state index contributed by atoms with van der Waals surface area (Å²) in [6.07, 6.45) is 9.36. The first-order valence-electron chi connectivity index (χ1n) is 5.31. The fourth-order valence-corrected chi connectivity index (χ4v) is 1.89. The van der Waals surface area contributed by atoms with Gasteiger partial charge in [0.25, 0.3) is 0 Å². The third kappa shape index (κ3) is 3.14. The Kier molecular flexibility index (Phi) is 4.67. The van der Waals surface area contributed by atoms with E-state index in [1.54, 1.807) is 0 Å². The third-order valence-corrected chi connectivity index (χ3v) is 2.71. The molecule has 0 aromatic carbocycles. The zero-order valence-electron chi connectivity index (χ0n) is 8.44. The number of hydrogen-bond acceptors (Lipinski definition) is 1. The average Bonchev–Trinajstić information content (AvgIpc) is 2.15. The van der Waals surface area contributed by atoms with Crippen LogP contribution in [0.5, 0.6) is 0 Å². The summed E-state index contributed by atoms with van der Waals surface area (Å²) in [5, 5.41) is 0. The van der Waals surface area contributed by atoms with Gasteiger partial charge in [0.05, 0.1) is 6.10 Å². The van der Waals surface area contributed by atoms with Gasteiger partial charge in [0.15, 0.2) is 0 Å². The molecule has 1 saturated carbocycles. The van der Waals surface area contributed by atoms with Crippen molar-refractivity contribution in [1.29, 1.82) is 0 Å². The lowest BCUT2D eigenvalue weighted by atomic mass is 9.86. The van der Waals surface area contributed by atoms with Crippen molar-refractivity contribution in [3.63, 3.8) is 0 Å². The van der Waals surface area contributed by atoms with Crippen LogP contribution in [0.2, 0.25) is 0 Å². The molecule has 1 heteroatoms. The Balaban J connectivity index is 2.15. The largest absolute Gasteiger partial charge is 0.372 e. The lowest BCUT2D eigenvalue weighted by molar-refractivity contribution is 0.0968. The van der Waals surface area contributed by atoms with Crippen molar-refractivity contribution in [2.75, 3.05) is 6.61 Å². The van der Waals surface area contributed by atoms with Gasteiger partial charge in [-0.1, -0.05) is 26.2 Å². The van der Waals surface area contributed by atoms with Crippen LogP contribution in [0.25, 0.3) is 0 Å². The standard InChI is InChI=1S/C11H21O/c1-3-9-12-10(2)11-7-5-4-6-8-11/h11H,3-9H2,1-2H3. The van der Waals surface area contributed by atoms with E-state index in [1.807, 2.05) is 0 Å². The molecule has 0 aromatic heterocycles. The van der Waals surface area contributed by atoms with E-state index in [0.29, 0.717) is 0 Å². The van der Waals surface area contributed by atoms with Crippen LogP contribution in [0.4, 0.5) is 0 Å². The van der Waals surface area contributed by atoms with E-state index in [4.69, 9.17) is 4.74 Å². The highest BCUT2D eigenvalue weighted by atomic mass is 16.5. The minimum absolute atomic E-state index is 0.769. The quantitative estimate of drug-likeness (QED) is 0.625. The second kappa shape index (κ2) is 5.58. The van der Waals surface area contributed by atoms with E-state index in [-0.39, 0.29) is 0 Å². The van der Waals surface area contributed by atoms with Crippen molar-refractivity contribution in [2.24, 2.45) is 5.92 Å². The summed E-state index contributed by atoms with van der Waals surface area (Å²) in [7, 11) is 0. The van der Waals surface area contributed by atoms with E-state index >= 15 is 0 Å². The molecule has 0 spiro atoms. The van der Waals surface area contributed by atoms with Crippen molar-refractivity contribution in [2.45, 2.75) is 52.4 Å². The predicted molar refractivity (Wildman–Crippen MR) is 51.7 cm³/mol. The normalized spacial score (nSPS) is 20.2. The summed E-state index contributed by atoms with van der Waals surface area (Å²) in [5.41, 5.74) is 0. The maximum Gasteiger partial charge on any atom is 0.0970 e. The van der Waals surface area contributed by atoms with E-state index in [9.17, 15) is 0 Å². The molecule has 0 heterocycles. The van der Waals surface area contributed by atoms with Crippen LogP contribution in [0.1, 0.15) is 52.4 Å². The Morgan fingerprint density at radius 1 is 1.25 bits per heavy atom.